The van der Waals surface area contributed by atoms with Crippen molar-refractivity contribution in [3.8, 4) is 0 Å². The zero-order chi connectivity index (χ0) is 16.9. The van der Waals surface area contributed by atoms with Crippen LogP contribution >= 0.6 is 0 Å². The van der Waals surface area contributed by atoms with Crippen LogP contribution in [0.4, 0.5) is 0 Å². The van der Waals surface area contributed by atoms with Gasteiger partial charge in [0.25, 0.3) is 5.56 Å². The third kappa shape index (κ3) is 3.33. The minimum Gasteiger partial charge on any atom is -0.395 e. The molecule has 2 heterocycles. The molecule has 2 aromatic heterocycles. The van der Waals surface area contributed by atoms with Gasteiger partial charge in [-0.25, -0.2) is 4.98 Å². The summed E-state index contributed by atoms with van der Waals surface area (Å²) in [7, 11) is 0. The molecule has 0 aliphatic heterocycles. The number of aliphatic hydroxyl groups excluding tert-OH is 2. The van der Waals surface area contributed by atoms with Crippen molar-refractivity contribution in [1.82, 2.24) is 19.4 Å². The monoisotopic (exact) mass is 330 g/mol. The van der Waals surface area contributed by atoms with E-state index in [0.29, 0.717) is 37.2 Å². The van der Waals surface area contributed by atoms with E-state index in [2.05, 4.69) is 9.97 Å². The molecule has 0 fully saturated rings. The Balaban J connectivity index is 1.77. The first kappa shape index (κ1) is 16.6. The Kier molecular flexibility index (Phi) is 5.24. The van der Waals surface area contributed by atoms with Crippen LogP contribution < -0.4 is 5.56 Å². The Morgan fingerprint density at radius 1 is 1.12 bits per heavy atom. The first-order valence-electron chi connectivity index (χ1n) is 8.14. The van der Waals surface area contributed by atoms with Crippen LogP contribution in [0.15, 0.2) is 35.4 Å². The molecule has 0 atom stereocenters. The first-order valence-corrected chi connectivity index (χ1v) is 8.14. The molecule has 0 spiro atoms. The summed E-state index contributed by atoms with van der Waals surface area (Å²) in [5.74, 6) is 0. The van der Waals surface area contributed by atoms with E-state index >= 15 is 0 Å². The SMILES string of the molecule is O=c1c2[nH]c3ccccc3c2ncn1CCCN(CCO)CCO. The van der Waals surface area contributed by atoms with Gasteiger partial charge in [0.15, 0.2) is 0 Å². The van der Waals surface area contributed by atoms with Gasteiger partial charge in [0.2, 0.25) is 0 Å². The summed E-state index contributed by atoms with van der Waals surface area (Å²) < 4.78 is 1.60. The molecule has 0 aliphatic carbocycles. The molecule has 0 amide bonds. The zero-order valence-corrected chi connectivity index (χ0v) is 13.5. The summed E-state index contributed by atoms with van der Waals surface area (Å²) in [4.78, 5) is 22.2. The zero-order valence-electron chi connectivity index (χ0n) is 13.5. The molecule has 128 valence electrons. The second-order valence-electron chi connectivity index (χ2n) is 5.78. The number of rotatable bonds is 8. The van der Waals surface area contributed by atoms with Crippen molar-refractivity contribution in [2.45, 2.75) is 13.0 Å². The van der Waals surface area contributed by atoms with Gasteiger partial charge in [-0.15, -0.1) is 0 Å². The molecule has 0 unspecified atom stereocenters. The van der Waals surface area contributed by atoms with Gasteiger partial charge in [0.1, 0.15) is 11.0 Å². The van der Waals surface area contributed by atoms with E-state index in [1.807, 2.05) is 29.2 Å². The topological polar surface area (TPSA) is 94.4 Å². The number of aryl methyl sites for hydroxylation is 1. The quantitative estimate of drug-likeness (QED) is 0.561. The van der Waals surface area contributed by atoms with Gasteiger partial charge in [0, 0.05) is 37.1 Å². The minimum atomic E-state index is -0.0768. The van der Waals surface area contributed by atoms with Crippen molar-refractivity contribution < 1.29 is 10.2 Å². The Morgan fingerprint density at radius 2 is 1.88 bits per heavy atom. The highest BCUT2D eigenvalue weighted by Crippen LogP contribution is 2.20. The van der Waals surface area contributed by atoms with Gasteiger partial charge in [-0.1, -0.05) is 18.2 Å². The predicted octanol–water partition coefficient (Wildman–Crippen LogP) is 0.554. The second kappa shape index (κ2) is 7.57. The van der Waals surface area contributed by atoms with Gasteiger partial charge in [0.05, 0.1) is 19.5 Å². The molecule has 24 heavy (non-hydrogen) atoms. The van der Waals surface area contributed by atoms with Gasteiger partial charge in [-0.2, -0.15) is 0 Å². The van der Waals surface area contributed by atoms with Crippen molar-refractivity contribution in [2.75, 3.05) is 32.8 Å². The van der Waals surface area contributed by atoms with Crippen LogP contribution in [0.25, 0.3) is 21.9 Å². The van der Waals surface area contributed by atoms with E-state index in [1.165, 1.54) is 0 Å². The molecular formula is C17H22N4O3. The smallest absolute Gasteiger partial charge is 0.277 e. The molecule has 0 saturated carbocycles. The Morgan fingerprint density at radius 3 is 2.62 bits per heavy atom. The van der Waals surface area contributed by atoms with E-state index in [4.69, 9.17) is 10.2 Å². The van der Waals surface area contributed by atoms with Crippen molar-refractivity contribution in [2.24, 2.45) is 0 Å². The summed E-state index contributed by atoms with van der Waals surface area (Å²) in [5.41, 5.74) is 2.06. The van der Waals surface area contributed by atoms with Crippen molar-refractivity contribution in [3.05, 3.63) is 40.9 Å². The highest BCUT2D eigenvalue weighted by Gasteiger charge is 2.10. The number of aromatic nitrogens is 3. The molecule has 0 saturated heterocycles. The molecule has 7 nitrogen and oxygen atoms in total. The molecular weight excluding hydrogens is 308 g/mol. The standard InChI is InChI=1S/C17H22N4O3/c22-10-8-20(9-11-23)6-3-7-21-12-18-15-13-4-1-2-5-14(13)19-16(15)17(21)24/h1-2,4-5,12,19,22-23H,3,6-11H2. The summed E-state index contributed by atoms with van der Waals surface area (Å²) in [6.45, 7) is 2.41. The fraction of sp³-hybridized carbons (Fsp3) is 0.412. The molecule has 3 aromatic rings. The molecule has 0 radical (unpaired) electrons. The largest absolute Gasteiger partial charge is 0.395 e. The van der Waals surface area contributed by atoms with Crippen LogP contribution in [0, 0.1) is 0 Å². The van der Waals surface area contributed by atoms with Gasteiger partial charge < -0.3 is 15.2 Å². The lowest BCUT2D eigenvalue weighted by Crippen LogP contribution is -2.32. The lowest BCUT2D eigenvalue weighted by Gasteiger charge is -2.19. The normalized spacial score (nSPS) is 11.8. The molecule has 0 bridgehead atoms. The number of para-hydroxylation sites is 1. The maximum atomic E-state index is 12.6. The van der Waals surface area contributed by atoms with Gasteiger partial charge in [-0.05, 0) is 12.5 Å². The lowest BCUT2D eigenvalue weighted by atomic mass is 10.2. The third-order valence-electron chi connectivity index (χ3n) is 4.19. The van der Waals surface area contributed by atoms with E-state index in [0.717, 1.165) is 17.3 Å². The van der Waals surface area contributed by atoms with Gasteiger partial charge in [-0.3, -0.25) is 14.3 Å². The predicted molar refractivity (Wildman–Crippen MR) is 93.1 cm³/mol. The van der Waals surface area contributed by atoms with Crippen LogP contribution in [0.3, 0.4) is 0 Å². The van der Waals surface area contributed by atoms with E-state index in [1.54, 1.807) is 10.9 Å². The Hall–Kier alpha value is -2.22. The lowest BCUT2D eigenvalue weighted by molar-refractivity contribution is 0.158. The van der Waals surface area contributed by atoms with E-state index in [9.17, 15) is 4.79 Å². The number of aromatic amines is 1. The summed E-state index contributed by atoms with van der Waals surface area (Å²) in [5, 5.41) is 19.0. The average Bonchev–Trinajstić information content (AvgIpc) is 2.97. The summed E-state index contributed by atoms with van der Waals surface area (Å²) in [6.07, 6.45) is 2.33. The van der Waals surface area contributed by atoms with E-state index in [-0.39, 0.29) is 18.8 Å². The minimum absolute atomic E-state index is 0.0581. The number of hydrogen-bond acceptors (Lipinski definition) is 5. The van der Waals surface area contributed by atoms with Crippen molar-refractivity contribution >= 4 is 21.9 Å². The number of nitrogens with zero attached hydrogens (tertiary/aromatic N) is 3. The number of hydrogen-bond donors (Lipinski definition) is 3. The maximum absolute atomic E-state index is 12.6. The second-order valence-corrected chi connectivity index (χ2v) is 5.78. The highest BCUT2D eigenvalue weighted by molar-refractivity contribution is 6.04. The number of H-pyrrole nitrogens is 1. The van der Waals surface area contributed by atoms with Crippen LogP contribution in [-0.2, 0) is 6.54 Å². The van der Waals surface area contributed by atoms with Crippen LogP contribution in [0.2, 0.25) is 0 Å². The molecule has 3 rings (SSSR count). The summed E-state index contributed by atoms with van der Waals surface area (Å²) >= 11 is 0. The number of benzene rings is 1. The number of aliphatic hydroxyl groups is 2. The molecule has 7 heteroatoms. The Bertz CT molecular complexity index is 865. The van der Waals surface area contributed by atoms with Crippen molar-refractivity contribution in [3.63, 3.8) is 0 Å². The van der Waals surface area contributed by atoms with Crippen LogP contribution in [-0.4, -0.2) is 62.5 Å². The Labute approximate surface area is 139 Å². The maximum Gasteiger partial charge on any atom is 0.277 e. The fourth-order valence-electron chi connectivity index (χ4n) is 2.98. The summed E-state index contributed by atoms with van der Waals surface area (Å²) in [6, 6.07) is 7.74. The molecule has 3 N–H and O–H groups in total. The highest BCUT2D eigenvalue weighted by atomic mass is 16.3. The fourth-order valence-corrected chi connectivity index (χ4v) is 2.98. The van der Waals surface area contributed by atoms with Crippen LogP contribution in [0.5, 0.6) is 0 Å². The third-order valence-corrected chi connectivity index (χ3v) is 4.19. The first-order chi connectivity index (χ1) is 11.7. The number of nitrogens with one attached hydrogen (secondary N) is 1. The number of fused-ring (bicyclic) bond motifs is 3. The molecule has 0 aliphatic rings. The average molecular weight is 330 g/mol. The van der Waals surface area contributed by atoms with Crippen molar-refractivity contribution in [1.29, 1.82) is 0 Å². The van der Waals surface area contributed by atoms with Crippen LogP contribution in [0.1, 0.15) is 6.42 Å². The molecule has 1 aromatic carbocycles. The van der Waals surface area contributed by atoms with E-state index < -0.39 is 0 Å². The van der Waals surface area contributed by atoms with Gasteiger partial charge >= 0.3 is 0 Å².